The number of H-pyrrole nitrogens is 1. The fourth-order valence-corrected chi connectivity index (χ4v) is 2.35. The van der Waals surface area contributed by atoms with E-state index in [1.807, 2.05) is 18.5 Å². The van der Waals surface area contributed by atoms with Crippen LogP contribution in [0.3, 0.4) is 0 Å². The fourth-order valence-electron chi connectivity index (χ4n) is 0.975. The van der Waals surface area contributed by atoms with Crippen LogP contribution in [0.15, 0.2) is 22.1 Å². The second kappa shape index (κ2) is 3.03. The predicted octanol–water partition coefficient (Wildman–Crippen LogP) is 3.21. The molecule has 0 aliphatic rings. The Morgan fingerprint density at radius 3 is 2.92 bits per heavy atom. The number of aryl methyl sites for hydroxylation is 1. The molecule has 0 bridgehead atoms. The fraction of sp³-hybridized carbons (Fsp3) is 0.125. The molecule has 2 aromatic heterocycles. The molecule has 0 radical (unpaired) electrons. The van der Waals surface area contributed by atoms with Crippen molar-refractivity contribution in [1.29, 1.82) is 0 Å². The third-order valence-corrected chi connectivity index (χ3v) is 3.20. The van der Waals surface area contributed by atoms with E-state index in [1.165, 1.54) is 0 Å². The van der Waals surface area contributed by atoms with Crippen LogP contribution in [0, 0.1) is 6.92 Å². The molecule has 0 aliphatic carbocycles. The van der Waals surface area contributed by atoms with Crippen molar-refractivity contribution >= 4 is 27.3 Å². The number of aromatic nitrogens is 2. The molecule has 2 heterocycles. The van der Waals surface area contributed by atoms with Gasteiger partial charge < -0.3 is 4.98 Å². The van der Waals surface area contributed by atoms with E-state index in [0.29, 0.717) is 0 Å². The number of rotatable bonds is 1. The third kappa shape index (κ3) is 1.44. The number of imidazole rings is 1. The maximum absolute atomic E-state index is 4.23. The summed E-state index contributed by atoms with van der Waals surface area (Å²) in [6.45, 7) is 2.00. The van der Waals surface area contributed by atoms with Crippen molar-refractivity contribution in [3.05, 3.63) is 27.8 Å². The van der Waals surface area contributed by atoms with E-state index in [-0.39, 0.29) is 0 Å². The van der Waals surface area contributed by atoms with E-state index < -0.39 is 0 Å². The third-order valence-electron chi connectivity index (χ3n) is 1.50. The van der Waals surface area contributed by atoms with Crippen LogP contribution in [0.4, 0.5) is 0 Å². The topological polar surface area (TPSA) is 28.7 Å². The van der Waals surface area contributed by atoms with Gasteiger partial charge in [0.15, 0.2) is 0 Å². The second-order valence-electron chi connectivity index (χ2n) is 2.54. The Labute approximate surface area is 82.8 Å². The van der Waals surface area contributed by atoms with Gasteiger partial charge in [0.25, 0.3) is 0 Å². The summed E-state index contributed by atoms with van der Waals surface area (Å²) in [6, 6.07) is 2.06. The van der Waals surface area contributed by atoms with E-state index in [9.17, 15) is 0 Å². The number of nitrogens with one attached hydrogen (secondary N) is 1. The normalized spacial score (nSPS) is 10.5. The largest absolute Gasteiger partial charge is 0.341 e. The lowest BCUT2D eigenvalue weighted by molar-refractivity contribution is 1.26. The lowest BCUT2D eigenvalue weighted by Crippen LogP contribution is -1.73. The van der Waals surface area contributed by atoms with Crippen molar-refractivity contribution in [2.75, 3.05) is 0 Å². The smallest absolute Gasteiger partial charge is 0.147 e. The highest BCUT2D eigenvalue weighted by Gasteiger charge is 2.03. The number of thiophene rings is 1. The maximum atomic E-state index is 4.23. The minimum Gasteiger partial charge on any atom is -0.341 e. The van der Waals surface area contributed by atoms with E-state index >= 15 is 0 Å². The summed E-state index contributed by atoms with van der Waals surface area (Å²) in [7, 11) is 0. The molecular formula is C8H7BrN2S. The lowest BCUT2D eigenvalue weighted by Gasteiger charge is -1.86. The molecule has 4 heteroatoms. The molecule has 2 rings (SSSR count). The Morgan fingerprint density at radius 1 is 1.58 bits per heavy atom. The zero-order chi connectivity index (χ0) is 8.55. The minimum absolute atomic E-state index is 0.947. The van der Waals surface area contributed by atoms with Gasteiger partial charge in [-0.15, -0.1) is 11.3 Å². The highest BCUT2D eigenvalue weighted by atomic mass is 79.9. The van der Waals surface area contributed by atoms with Crippen molar-refractivity contribution < 1.29 is 0 Å². The lowest BCUT2D eigenvalue weighted by atomic mass is 10.4. The van der Waals surface area contributed by atoms with Crippen LogP contribution in [-0.4, -0.2) is 9.97 Å². The Hall–Kier alpha value is -0.610. The second-order valence-corrected chi connectivity index (χ2v) is 4.37. The Balaban J connectivity index is 2.43. The number of aromatic amines is 1. The first-order chi connectivity index (χ1) is 5.75. The number of hydrogen-bond acceptors (Lipinski definition) is 2. The molecule has 0 saturated carbocycles. The molecule has 0 aliphatic heterocycles. The number of nitrogens with zero attached hydrogens (tertiary/aromatic N) is 1. The van der Waals surface area contributed by atoms with Crippen molar-refractivity contribution in [3.8, 4) is 10.7 Å². The van der Waals surface area contributed by atoms with Gasteiger partial charge in [-0.25, -0.2) is 4.98 Å². The van der Waals surface area contributed by atoms with Gasteiger partial charge in [-0.1, -0.05) is 0 Å². The van der Waals surface area contributed by atoms with Crippen molar-refractivity contribution in [2.45, 2.75) is 6.92 Å². The van der Waals surface area contributed by atoms with Gasteiger partial charge in [0, 0.05) is 21.7 Å². The van der Waals surface area contributed by atoms with Crippen LogP contribution >= 0.6 is 27.3 Å². The molecule has 12 heavy (non-hydrogen) atoms. The average molecular weight is 243 g/mol. The zero-order valence-corrected chi connectivity index (χ0v) is 8.87. The van der Waals surface area contributed by atoms with E-state index in [0.717, 1.165) is 20.9 Å². The molecule has 0 fully saturated rings. The Morgan fingerprint density at radius 2 is 2.42 bits per heavy atom. The summed E-state index contributed by atoms with van der Waals surface area (Å²) < 4.78 is 1.11. The minimum atomic E-state index is 0.947. The highest BCUT2D eigenvalue weighted by molar-refractivity contribution is 9.10. The van der Waals surface area contributed by atoms with E-state index in [1.54, 1.807) is 11.3 Å². The van der Waals surface area contributed by atoms with Gasteiger partial charge in [-0.2, -0.15) is 0 Å². The van der Waals surface area contributed by atoms with Crippen LogP contribution in [-0.2, 0) is 0 Å². The Kier molecular flexibility index (Phi) is 2.02. The molecule has 0 aromatic carbocycles. The Bertz CT molecular complexity index is 353. The van der Waals surface area contributed by atoms with Crippen molar-refractivity contribution in [2.24, 2.45) is 0 Å². The summed E-state index contributed by atoms with van der Waals surface area (Å²) in [6.07, 6.45) is 1.84. The summed E-state index contributed by atoms with van der Waals surface area (Å²) in [5.41, 5.74) is 1.09. The molecule has 62 valence electrons. The first kappa shape index (κ1) is 8.01. The van der Waals surface area contributed by atoms with Crippen LogP contribution in [0.25, 0.3) is 10.7 Å². The molecule has 2 nitrogen and oxygen atoms in total. The van der Waals surface area contributed by atoms with Crippen LogP contribution in [0.2, 0.25) is 0 Å². The van der Waals surface area contributed by atoms with E-state index in [2.05, 4.69) is 32.0 Å². The number of hydrogen-bond donors (Lipinski definition) is 1. The summed E-state index contributed by atoms with van der Waals surface area (Å²) in [4.78, 5) is 8.58. The summed E-state index contributed by atoms with van der Waals surface area (Å²) in [5.74, 6) is 0.947. The summed E-state index contributed by atoms with van der Waals surface area (Å²) >= 11 is 5.08. The van der Waals surface area contributed by atoms with Gasteiger partial charge >= 0.3 is 0 Å². The molecule has 0 atom stereocenters. The van der Waals surface area contributed by atoms with Gasteiger partial charge in [-0.05, 0) is 28.9 Å². The van der Waals surface area contributed by atoms with Gasteiger partial charge in [0.1, 0.15) is 5.82 Å². The molecule has 0 amide bonds. The standard InChI is InChI=1S/C8H7BrN2S/c1-5-3-10-8(11-5)7-2-6(9)4-12-7/h2-4H,1H3,(H,10,11). The van der Waals surface area contributed by atoms with Crippen molar-refractivity contribution in [3.63, 3.8) is 0 Å². The number of halogens is 1. The first-order valence-corrected chi connectivity index (χ1v) is 5.19. The quantitative estimate of drug-likeness (QED) is 0.818. The maximum Gasteiger partial charge on any atom is 0.147 e. The van der Waals surface area contributed by atoms with Crippen LogP contribution in [0.5, 0.6) is 0 Å². The van der Waals surface area contributed by atoms with E-state index in [4.69, 9.17) is 0 Å². The SMILES string of the molecule is Cc1cnc(-c2cc(Br)cs2)[nH]1. The average Bonchev–Trinajstić information content (AvgIpc) is 2.58. The van der Waals surface area contributed by atoms with Crippen molar-refractivity contribution in [1.82, 2.24) is 9.97 Å². The van der Waals surface area contributed by atoms with Gasteiger partial charge in [-0.3, -0.25) is 0 Å². The predicted molar refractivity (Wildman–Crippen MR) is 54.3 cm³/mol. The summed E-state index contributed by atoms with van der Waals surface area (Å²) in [5, 5.41) is 2.05. The molecule has 0 unspecified atom stereocenters. The van der Waals surface area contributed by atoms with Gasteiger partial charge in [0.2, 0.25) is 0 Å². The molecule has 1 N–H and O–H groups in total. The molecular weight excluding hydrogens is 236 g/mol. The van der Waals surface area contributed by atoms with Gasteiger partial charge in [0.05, 0.1) is 4.88 Å². The monoisotopic (exact) mass is 242 g/mol. The molecule has 0 saturated heterocycles. The molecule has 2 aromatic rings. The molecule has 0 spiro atoms. The van der Waals surface area contributed by atoms with Crippen LogP contribution < -0.4 is 0 Å². The zero-order valence-electron chi connectivity index (χ0n) is 6.47. The highest BCUT2D eigenvalue weighted by Crippen LogP contribution is 2.27. The van der Waals surface area contributed by atoms with Crippen LogP contribution in [0.1, 0.15) is 5.69 Å². The first-order valence-electron chi connectivity index (χ1n) is 3.52.